The number of carboxylic acids is 1. The summed E-state index contributed by atoms with van der Waals surface area (Å²) in [5.41, 5.74) is 4.66. The van der Waals surface area contributed by atoms with Crippen LogP contribution in [0.2, 0.25) is 0 Å². The summed E-state index contributed by atoms with van der Waals surface area (Å²) < 4.78 is 10.8. The van der Waals surface area contributed by atoms with Gasteiger partial charge in [-0.15, -0.1) is 0 Å². The number of rotatable bonds is 10. The fraction of sp³-hybridized carbons (Fsp3) is 0.444. The first-order valence-electron chi connectivity index (χ1n) is 12.2. The van der Waals surface area contributed by atoms with Crippen LogP contribution >= 0.6 is 0 Å². The van der Waals surface area contributed by atoms with Crippen LogP contribution in [0.25, 0.3) is 11.1 Å². The monoisotopic (exact) mass is 480 g/mol. The van der Waals surface area contributed by atoms with Gasteiger partial charge in [-0.3, -0.25) is 4.79 Å². The molecule has 1 heterocycles. The van der Waals surface area contributed by atoms with Crippen LogP contribution in [0.3, 0.4) is 0 Å². The summed E-state index contributed by atoms with van der Waals surface area (Å²) in [5.74, 6) is -1.45. The lowest BCUT2D eigenvalue weighted by atomic mass is 9.98. The summed E-state index contributed by atoms with van der Waals surface area (Å²) in [6.45, 7) is 3.18. The van der Waals surface area contributed by atoms with E-state index < -0.39 is 18.2 Å². The molecule has 35 heavy (non-hydrogen) atoms. The molecule has 186 valence electrons. The molecule has 1 fully saturated rings. The lowest BCUT2D eigenvalue weighted by Crippen LogP contribution is -2.38. The Hall–Kier alpha value is -3.39. The van der Waals surface area contributed by atoms with Gasteiger partial charge >= 0.3 is 12.1 Å². The standard InChI is InChI=1S/C27H32N2O6/c1-2-17(13-24(30)28-15-18-11-12-34-25(18)26(31)32)14-29-27(33)35-16-23-21-9-5-3-7-19(21)20-8-4-6-10-22(20)23/h3-10,17-18,23,25H,2,11-16H2,1H3,(H,28,30)(H,29,33)(H,31,32)/t17?,18-,25-/m1/s1. The second-order valence-corrected chi connectivity index (χ2v) is 9.17. The molecule has 3 atom stereocenters. The molecule has 2 aliphatic rings. The maximum absolute atomic E-state index is 12.4. The number of hydrogen-bond donors (Lipinski definition) is 3. The first-order valence-corrected chi connectivity index (χ1v) is 12.2. The molecule has 3 N–H and O–H groups in total. The van der Waals surface area contributed by atoms with Crippen molar-refractivity contribution in [1.29, 1.82) is 0 Å². The Morgan fingerprint density at radius 2 is 1.71 bits per heavy atom. The van der Waals surface area contributed by atoms with E-state index in [0.717, 1.165) is 11.1 Å². The van der Waals surface area contributed by atoms with Crippen LogP contribution in [-0.2, 0) is 19.1 Å². The van der Waals surface area contributed by atoms with Crippen LogP contribution in [0.4, 0.5) is 4.79 Å². The summed E-state index contributed by atoms with van der Waals surface area (Å²) in [7, 11) is 0. The van der Waals surface area contributed by atoms with Gasteiger partial charge in [0.25, 0.3) is 0 Å². The van der Waals surface area contributed by atoms with Crippen molar-refractivity contribution < 1.29 is 29.0 Å². The van der Waals surface area contributed by atoms with Gasteiger partial charge < -0.3 is 25.2 Å². The van der Waals surface area contributed by atoms with E-state index in [-0.39, 0.29) is 43.2 Å². The number of hydrogen-bond acceptors (Lipinski definition) is 5. The summed E-state index contributed by atoms with van der Waals surface area (Å²) in [4.78, 5) is 36.0. The summed E-state index contributed by atoms with van der Waals surface area (Å²) in [6, 6.07) is 16.3. The molecule has 0 spiro atoms. The molecule has 8 heteroatoms. The number of alkyl carbamates (subject to hydrolysis) is 1. The average Bonchev–Trinajstić information content (AvgIpc) is 3.47. The number of ether oxygens (including phenoxy) is 2. The highest BCUT2D eigenvalue weighted by atomic mass is 16.5. The molecule has 0 saturated carbocycles. The van der Waals surface area contributed by atoms with Crippen LogP contribution in [0.1, 0.15) is 43.2 Å². The van der Waals surface area contributed by atoms with Crippen LogP contribution in [0.5, 0.6) is 0 Å². The van der Waals surface area contributed by atoms with Crippen molar-refractivity contribution in [1.82, 2.24) is 10.6 Å². The van der Waals surface area contributed by atoms with E-state index in [9.17, 15) is 19.5 Å². The Balaban J connectivity index is 1.22. The minimum absolute atomic E-state index is 0.00454. The van der Waals surface area contributed by atoms with Crippen molar-refractivity contribution in [2.45, 2.75) is 38.2 Å². The number of nitrogens with one attached hydrogen (secondary N) is 2. The summed E-state index contributed by atoms with van der Waals surface area (Å²) >= 11 is 0. The number of carboxylic acid groups (broad SMARTS) is 1. The second kappa shape index (κ2) is 11.4. The number of aliphatic carboxylic acids is 1. The summed E-state index contributed by atoms with van der Waals surface area (Å²) in [5, 5.41) is 14.8. The van der Waals surface area contributed by atoms with Crippen molar-refractivity contribution in [3.05, 3.63) is 59.7 Å². The van der Waals surface area contributed by atoms with Gasteiger partial charge in [-0.25, -0.2) is 9.59 Å². The third kappa shape index (κ3) is 5.82. The van der Waals surface area contributed by atoms with Gasteiger partial charge in [-0.2, -0.15) is 0 Å². The average molecular weight is 481 g/mol. The lowest BCUT2D eigenvalue weighted by molar-refractivity contribution is -0.149. The number of benzene rings is 2. The molecule has 1 saturated heterocycles. The molecule has 2 aromatic rings. The quantitative estimate of drug-likeness (QED) is 0.479. The van der Waals surface area contributed by atoms with Crippen LogP contribution < -0.4 is 10.6 Å². The number of carbonyl (C=O) groups is 3. The minimum atomic E-state index is -1.000. The zero-order chi connectivity index (χ0) is 24.8. The normalized spacial score (nSPS) is 19.5. The van der Waals surface area contributed by atoms with Crippen LogP contribution in [0.15, 0.2) is 48.5 Å². The number of fused-ring (bicyclic) bond motifs is 3. The molecule has 0 bridgehead atoms. The third-order valence-corrected chi connectivity index (χ3v) is 6.95. The second-order valence-electron chi connectivity index (χ2n) is 9.17. The molecule has 1 unspecified atom stereocenters. The van der Waals surface area contributed by atoms with Gasteiger partial charge in [0.1, 0.15) is 6.61 Å². The van der Waals surface area contributed by atoms with Crippen molar-refractivity contribution in [3.8, 4) is 11.1 Å². The molecular formula is C27H32N2O6. The van der Waals surface area contributed by atoms with Crippen LogP contribution in [-0.4, -0.2) is 55.5 Å². The molecule has 0 aromatic heterocycles. The fourth-order valence-electron chi connectivity index (χ4n) is 4.93. The van der Waals surface area contributed by atoms with E-state index in [2.05, 4.69) is 34.9 Å². The van der Waals surface area contributed by atoms with Crippen molar-refractivity contribution >= 4 is 18.0 Å². The Labute approximate surface area is 205 Å². The maximum atomic E-state index is 12.4. The maximum Gasteiger partial charge on any atom is 0.407 e. The highest BCUT2D eigenvalue weighted by molar-refractivity contribution is 5.79. The Morgan fingerprint density at radius 3 is 2.34 bits per heavy atom. The van der Waals surface area contributed by atoms with Crippen LogP contribution in [0, 0.1) is 11.8 Å². The minimum Gasteiger partial charge on any atom is -0.479 e. The summed E-state index contributed by atoms with van der Waals surface area (Å²) in [6.07, 6.45) is 0.190. The van der Waals surface area contributed by atoms with Gasteiger partial charge in [0.15, 0.2) is 6.10 Å². The van der Waals surface area contributed by atoms with Crippen molar-refractivity contribution in [2.24, 2.45) is 11.8 Å². The SMILES string of the molecule is CCC(CNC(=O)OCC1c2ccccc2-c2ccccc21)CC(=O)NC[C@H]1CCO[C@H]1C(=O)O. The van der Waals surface area contributed by atoms with E-state index in [4.69, 9.17) is 9.47 Å². The fourth-order valence-corrected chi connectivity index (χ4v) is 4.93. The van der Waals surface area contributed by atoms with Crippen molar-refractivity contribution in [2.75, 3.05) is 26.3 Å². The zero-order valence-corrected chi connectivity index (χ0v) is 19.9. The molecule has 2 aromatic carbocycles. The first-order chi connectivity index (χ1) is 17.0. The first kappa shape index (κ1) is 24.7. The Kier molecular flexibility index (Phi) is 8.02. The molecule has 4 rings (SSSR count). The predicted molar refractivity (Wildman–Crippen MR) is 130 cm³/mol. The molecule has 2 amide bonds. The van der Waals surface area contributed by atoms with Gasteiger partial charge in [0, 0.05) is 38.0 Å². The lowest BCUT2D eigenvalue weighted by Gasteiger charge is -2.19. The molecule has 8 nitrogen and oxygen atoms in total. The Morgan fingerprint density at radius 1 is 1.06 bits per heavy atom. The van der Waals surface area contributed by atoms with Crippen molar-refractivity contribution in [3.63, 3.8) is 0 Å². The molecule has 1 aliphatic heterocycles. The van der Waals surface area contributed by atoms with Gasteiger partial charge in [0.2, 0.25) is 5.91 Å². The van der Waals surface area contributed by atoms with Gasteiger partial charge in [-0.05, 0) is 34.6 Å². The van der Waals surface area contributed by atoms with Gasteiger partial charge in [-0.1, -0.05) is 61.9 Å². The third-order valence-electron chi connectivity index (χ3n) is 6.95. The largest absolute Gasteiger partial charge is 0.479 e. The topological polar surface area (TPSA) is 114 Å². The van der Waals surface area contributed by atoms with Gasteiger partial charge in [0.05, 0.1) is 0 Å². The van der Waals surface area contributed by atoms with E-state index in [1.165, 1.54) is 11.1 Å². The van der Waals surface area contributed by atoms with E-state index in [0.29, 0.717) is 26.0 Å². The zero-order valence-electron chi connectivity index (χ0n) is 19.9. The molecule has 0 radical (unpaired) electrons. The van der Waals surface area contributed by atoms with E-state index in [1.54, 1.807) is 0 Å². The van der Waals surface area contributed by atoms with E-state index in [1.807, 2.05) is 31.2 Å². The molecular weight excluding hydrogens is 448 g/mol. The number of amides is 2. The molecule has 1 aliphatic carbocycles. The Bertz CT molecular complexity index is 1030. The smallest absolute Gasteiger partial charge is 0.407 e. The predicted octanol–water partition coefficient (Wildman–Crippen LogP) is 3.55. The highest BCUT2D eigenvalue weighted by Gasteiger charge is 2.34. The number of carbonyl (C=O) groups excluding carboxylic acids is 2. The van der Waals surface area contributed by atoms with E-state index >= 15 is 0 Å². The highest BCUT2D eigenvalue weighted by Crippen LogP contribution is 2.44.